The fourth-order valence-electron chi connectivity index (χ4n) is 4.82. The van der Waals surface area contributed by atoms with Gasteiger partial charge in [0.15, 0.2) is 5.75 Å². The van der Waals surface area contributed by atoms with Crippen LogP contribution in [-0.2, 0) is 16.1 Å². The van der Waals surface area contributed by atoms with Gasteiger partial charge in [0.25, 0.3) is 12.4 Å². The Morgan fingerprint density at radius 2 is 1.71 bits per heavy atom. The van der Waals surface area contributed by atoms with E-state index in [0.717, 1.165) is 63.9 Å². The van der Waals surface area contributed by atoms with Crippen molar-refractivity contribution < 1.29 is 24.2 Å². The Bertz CT molecular complexity index is 1400. The second-order valence-electron chi connectivity index (χ2n) is 10.0. The second-order valence-corrected chi connectivity index (χ2v) is 11.7. The highest BCUT2D eigenvalue weighted by Crippen LogP contribution is 2.35. The Morgan fingerprint density at radius 1 is 1.07 bits per heavy atom. The minimum Gasteiger partial charge on any atom is -0.490 e. The zero-order valence-electron chi connectivity index (χ0n) is 23.2. The van der Waals surface area contributed by atoms with E-state index >= 15 is 0 Å². The Morgan fingerprint density at radius 3 is 2.36 bits per heavy atom. The van der Waals surface area contributed by atoms with Crippen LogP contribution in [0.4, 0.5) is 0 Å². The Kier molecular flexibility index (Phi) is 11.7. The average molecular weight is 676 g/mol. The molecule has 1 heterocycles. The summed E-state index contributed by atoms with van der Waals surface area (Å²) >= 11 is 16.2. The van der Waals surface area contributed by atoms with Crippen molar-refractivity contribution in [2.24, 2.45) is 0 Å². The van der Waals surface area contributed by atoms with Crippen LogP contribution in [0, 0.1) is 6.92 Å². The predicted molar refractivity (Wildman–Crippen MR) is 169 cm³/mol. The number of carboxylic acid groups (broad SMARTS) is 1. The highest BCUT2D eigenvalue weighted by Gasteiger charge is 2.35. The van der Waals surface area contributed by atoms with E-state index in [1.807, 2.05) is 66.4 Å². The number of hydrogen-bond donors (Lipinski definition) is 2. The van der Waals surface area contributed by atoms with Gasteiger partial charge in [-0.25, -0.2) is 0 Å². The molecule has 1 aliphatic heterocycles. The first kappa shape index (κ1) is 31.9. The lowest BCUT2D eigenvalue weighted by Gasteiger charge is -2.28. The van der Waals surface area contributed by atoms with Crippen LogP contribution in [0.2, 0.25) is 10.0 Å². The molecule has 5 rings (SSSR count). The Labute approximate surface area is 264 Å². The monoisotopic (exact) mass is 674 g/mol. The molecule has 7 nitrogen and oxygen atoms in total. The lowest BCUT2D eigenvalue weighted by Crippen LogP contribution is -2.39. The van der Waals surface area contributed by atoms with Crippen LogP contribution >= 0.6 is 39.1 Å². The third-order valence-electron chi connectivity index (χ3n) is 6.97. The van der Waals surface area contributed by atoms with Crippen LogP contribution in [0.15, 0.2) is 70.7 Å². The van der Waals surface area contributed by atoms with Crippen molar-refractivity contribution in [3.05, 3.63) is 97.4 Å². The molecule has 1 saturated carbocycles. The molecule has 0 saturated heterocycles. The zero-order valence-corrected chi connectivity index (χ0v) is 26.3. The molecule has 2 aliphatic rings. The smallest absolute Gasteiger partial charge is 0.290 e. The molecule has 0 spiro atoms. The largest absolute Gasteiger partial charge is 0.490 e. The van der Waals surface area contributed by atoms with Crippen LogP contribution in [0.1, 0.15) is 36.0 Å². The Hall–Kier alpha value is -3.04. The van der Waals surface area contributed by atoms with E-state index in [-0.39, 0.29) is 12.4 Å². The van der Waals surface area contributed by atoms with Gasteiger partial charge in [-0.05, 0) is 85.3 Å². The number of rotatable bonds is 10. The molecule has 1 aliphatic carbocycles. The normalized spacial score (nSPS) is 14.5. The summed E-state index contributed by atoms with van der Waals surface area (Å²) < 4.78 is 12.7. The summed E-state index contributed by atoms with van der Waals surface area (Å²) in [4.78, 5) is 24.3. The quantitative estimate of drug-likeness (QED) is 0.175. The molecular formula is C32H33BrCl2N2O5. The first-order valence-electron chi connectivity index (χ1n) is 13.7. The van der Waals surface area contributed by atoms with Gasteiger partial charge in [0, 0.05) is 29.2 Å². The van der Waals surface area contributed by atoms with Crippen molar-refractivity contribution >= 4 is 57.1 Å². The number of halogens is 3. The van der Waals surface area contributed by atoms with Crippen molar-refractivity contribution in [2.75, 3.05) is 26.3 Å². The summed E-state index contributed by atoms with van der Waals surface area (Å²) in [5.41, 5.74) is 5.12. The summed E-state index contributed by atoms with van der Waals surface area (Å²) in [6, 6.07) is 20.0. The highest BCUT2D eigenvalue weighted by molar-refractivity contribution is 9.10. The SMILES string of the molecule is Cc1cc(Cl)c(OCCOc2ccc(C3=C(C(=O)N(Cc4ccccc4Br)C4CC4)CNCC3)cc2)c(Cl)c1.O=CO. The first-order valence-corrected chi connectivity index (χ1v) is 15.2. The van der Waals surface area contributed by atoms with Gasteiger partial charge in [0.2, 0.25) is 0 Å². The number of nitrogens with one attached hydrogen (secondary N) is 1. The first-order chi connectivity index (χ1) is 20.3. The van der Waals surface area contributed by atoms with Crippen molar-refractivity contribution in [3.8, 4) is 11.5 Å². The van der Waals surface area contributed by atoms with Gasteiger partial charge < -0.3 is 24.8 Å². The molecule has 0 radical (unpaired) electrons. The summed E-state index contributed by atoms with van der Waals surface area (Å²) in [5, 5.41) is 11.3. The standard InChI is InChI=1S/C31H31BrCl2N2O3.CH2O2/c1-20-16-28(33)30(29(34)17-20)39-15-14-38-24-10-6-21(7-11-24)25-12-13-35-18-26(25)31(37)36(23-8-9-23)19-22-4-2-3-5-27(22)32;2-1-3/h2-7,10-11,16-17,23,35H,8-9,12-15,18-19H2,1H3;1H,(H,2,3). The molecule has 10 heteroatoms. The number of nitrogens with zero attached hydrogens (tertiary/aromatic N) is 1. The predicted octanol–water partition coefficient (Wildman–Crippen LogP) is 7.16. The van der Waals surface area contributed by atoms with E-state index < -0.39 is 0 Å². The molecule has 0 unspecified atom stereocenters. The molecule has 222 valence electrons. The summed E-state index contributed by atoms with van der Waals surface area (Å²) in [7, 11) is 0. The van der Waals surface area contributed by atoms with Crippen LogP contribution < -0.4 is 14.8 Å². The van der Waals surface area contributed by atoms with E-state index in [4.69, 9.17) is 42.6 Å². The van der Waals surface area contributed by atoms with E-state index in [0.29, 0.717) is 48.1 Å². The lowest BCUT2D eigenvalue weighted by atomic mass is 9.93. The summed E-state index contributed by atoms with van der Waals surface area (Å²) in [5.74, 6) is 1.33. The Balaban J connectivity index is 0.00000129. The van der Waals surface area contributed by atoms with Crippen molar-refractivity contribution in [1.82, 2.24) is 10.2 Å². The summed E-state index contributed by atoms with van der Waals surface area (Å²) in [6.07, 6.45) is 2.93. The molecule has 0 atom stereocenters. The third-order valence-corrected chi connectivity index (χ3v) is 8.30. The second kappa shape index (κ2) is 15.4. The van der Waals surface area contributed by atoms with Crippen molar-refractivity contribution in [3.63, 3.8) is 0 Å². The van der Waals surface area contributed by atoms with E-state index in [1.54, 1.807) is 0 Å². The van der Waals surface area contributed by atoms with Gasteiger partial charge in [0.1, 0.15) is 19.0 Å². The van der Waals surface area contributed by atoms with Crippen LogP contribution in [0.25, 0.3) is 5.57 Å². The van der Waals surface area contributed by atoms with Crippen LogP contribution in [0.3, 0.4) is 0 Å². The zero-order chi connectivity index (χ0) is 30.1. The van der Waals surface area contributed by atoms with Crippen molar-refractivity contribution in [1.29, 1.82) is 0 Å². The van der Waals surface area contributed by atoms with Gasteiger partial charge >= 0.3 is 0 Å². The minimum absolute atomic E-state index is 0.126. The maximum Gasteiger partial charge on any atom is 0.290 e. The average Bonchev–Trinajstić information content (AvgIpc) is 3.82. The van der Waals surface area contributed by atoms with Gasteiger partial charge in [-0.1, -0.05) is 69.5 Å². The van der Waals surface area contributed by atoms with E-state index in [9.17, 15) is 4.79 Å². The molecule has 1 fully saturated rings. The van der Waals surface area contributed by atoms with Gasteiger partial charge in [0.05, 0.1) is 10.0 Å². The maximum atomic E-state index is 13.9. The summed E-state index contributed by atoms with van der Waals surface area (Å²) in [6.45, 7) is 4.37. The number of amides is 1. The van der Waals surface area contributed by atoms with E-state index in [2.05, 4.69) is 27.3 Å². The number of ether oxygens (including phenoxy) is 2. The number of aryl methyl sites for hydroxylation is 1. The number of hydrogen-bond acceptors (Lipinski definition) is 5. The van der Waals surface area contributed by atoms with E-state index in [1.165, 1.54) is 0 Å². The molecule has 2 N–H and O–H groups in total. The van der Waals surface area contributed by atoms with Gasteiger partial charge in [-0.2, -0.15) is 0 Å². The highest BCUT2D eigenvalue weighted by atomic mass is 79.9. The molecule has 1 amide bonds. The van der Waals surface area contributed by atoms with Crippen LogP contribution in [0.5, 0.6) is 11.5 Å². The van der Waals surface area contributed by atoms with Crippen LogP contribution in [-0.4, -0.2) is 54.7 Å². The molecule has 0 bridgehead atoms. The molecular weight excluding hydrogens is 643 g/mol. The minimum atomic E-state index is -0.250. The molecule has 3 aromatic carbocycles. The van der Waals surface area contributed by atoms with Gasteiger partial charge in [-0.3, -0.25) is 9.59 Å². The third kappa shape index (κ3) is 8.51. The fraction of sp³-hybridized carbons (Fsp3) is 0.312. The molecule has 0 aromatic heterocycles. The molecule has 3 aromatic rings. The molecule has 42 heavy (non-hydrogen) atoms. The van der Waals surface area contributed by atoms with Crippen molar-refractivity contribution in [2.45, 2.75) is 38.8 Å². The lowest BCUT2D eigenvalue weighted by molar-refractivity contribution is -0.128. The number of benzene rings is 3. The maximum absolute atomic E-state index is 13.9. The topological polar surface area (TPSA) is 88.1 Å². The fourth-order valence-corrected chi connectivity index (χ4v) is 5.94. The number of carbonyl (C=O) groups is 2. The van der Waals surface area contributed by atoms with Gasteiger partial charge in [-0.15, -0.1) is 0 Å². The number of carbonyl (C=O) groups excluding carboxylic acids is 1.